The molecule has 0 radical (unpaired) electrons. The SMILES string of the molecule is Cl.NC(=O)c1cccc(F)c1. The molecule has 0 aliphatic heterocycles. The van der Waals surface area contributed by atoms with Crippen molar-refractivity contribution in [1.29, 1.82) is 0 Å². The Kier molecular flexibility index (Phi) is 3.54. The van der Waals surface area contributed by atoms with Crippen molar-refractivity contribution in [3.05, 3.63) is 35.6 Å². The van der Waals surface area contributed by atoms with Crippen LogP contribution in [0.5, 0.6) is 0 Å². The highest BCUT2D eigenvalue weighted by atomic mass is 35.5. The smallest absolute Gasteiger partial charge is 0.248 e. The van der Waals surface area contributed by atoms with Crippen LogP contribution in [0.1, 0.15) is 10.4 Å². The Balaban J connectivity index is 0.000001000. The molecule has 2 N–H and O–H groups in total. The van der Waals surface area contributed by atoms with Gasteiger partial charge >= 0.3 is 0 Å². The molecule has 0 atom stereocenters. The van der Waals surface area contributed by atoms with E-state index < -0.39 is 11.7 Å². The fourth-order valence-corrected chi connectivity index (χ4v) is 0.642. The molecule has 1 aromatic carbocycles. The van der Waals surface area contributed by atoms with Crippen LogP contribution in [0.15, 0.2) is 24.3 Å². The van der Waals surface area contributed by atoms with Gasteiger partial charge in [0, 0.05) is 5.56 Å². The van der Waals surface area contributed by atoms with E-state index in [1.807, 2.05) is 0 Å². The fraction of sp³-hybridized carbons (Fsp3) is 0. The molecule has 0 aromatic heterocycles. The summed E-state index contributed by atoms with van der Waals surface area (Å²) in [4.78, 5) is 10.4. The number of carbonyl (C=O) groups is 1. The second-order valence-electron chi connectivity index (χ2n) is 1.87. The molecular formula is C7H7ClFNO. The van der Waals surface area contributed by atoms with Gasteiger partial charge in [-0.1, -0.05) is 6.07 Å². The lowest BCUT2D eigenvalue weighted by molar-refractivity contribution is 0.1000. The summed E-state index contributed by atoms with van der Waals surface area (Å²) < 4.78 is 12.3. The van der Waals surface area contributed by atoms with Crippen molar-refractivity contribution in [2.24, 2.45) is 5.73 Å². The van der Waals surface area contributed by atoms with Crippen molar-refractivity contribution < 1.29 is 9.18 Å². The lowest BCUT2D eigenvalue weighted by Crippen LogP contribution is -2.10. The molecule has 0 unspecified atom stereocenters. The predicted molar refractivity (Wildman–Crippen MR) is 42.2 cm³/mol. The molecule has 60 valence electrons. The van der Waals surface area contributed by atoms with Gasteiger partial charge in [-0.05, 0) is 18.2 Å². The molecule has 1 rings (SSSR count). The number of amides is 1. The zero-order valence-corrected chi connectivity index (χ0v) is 6.40. The van der Waals surface area contributed by atoms with E-state index in [1.165, 1.54) is 18.2 Å². The first-order chi connectivity index (χ1) is 4.70. The van der Waals surface area contributed by atoms with Gasteiger partial charge in [0.2, 0.25) is 5.91 Å². The van der Waals surface area contributed by atoms with Gasteiger partial charge in [0.15, 0.2) is 0 Å². The standard InChI is InChI=1S/C7H6FNO.ClH/c8-6-3-1-2-5(4-6)7(9)10;/h1-4H,(H2,9,10);1H. The summed E-state index contributed by atoms with van der Waals surface area (Å²) in [5.41, 5.74) is 5.07. The zero-order valence-electron chi connectivity index (χ0n) is 5.58. The first-order valence-electron chi connectivity index (χ1n) is 2.75. The van der Waals surface area contributed by atoms with Crippen LogP contribution in [0.3, 0.4) is 0 Å². The Hall–Kier alpha value is -1.09. The lowest BCUT2D eigenvalue weighted by atomic mass is 10.2. The first-order valence-corrected chi connectivity index (χ1v) is 2.75. The fourth-order valence-electron chi connectivity index (χ4n) is 0.642. The number of rotatable bonds is 1. The van der Waals surface area contributed by atoms with Crippen molar-refractivity contribution in [3.63, 3.8) is 0 Å². The summed E-state index contributed by atoms with van der Waals surface area (Å²) in [7, 11) is 0. The Morgan fingerprint density at radius 3 is 2.45 bits per heavy atom. The van der Waals surface area contributed by atoms with Gasteiger partial charge in [-0.3, -0.25) is 4.79 Å². The molecule has 4 heteroatoms. The largest absolute Gasteiger partial charge is 0.366 e. The minimum Gasteiger partial charge on any atom is -0.366 e. The lowest BCUT2D eigenvalue weighted by Gasteiger charge is -1.92. The maximum Gasteiger partial charge on any atom is 0.248 e. The minimum absolute atomic E-state index is 0. The molecule has 2 nitrogen and oxygen atoms in total. The van der Waals surface area contributed by atoms with Crippen LogP contribution in [0.2, 0.25) is 0 Å². The summed E-state index contributed by atoms with van der Waals surface area (Å²) >= 11 is 0. The van der Waals surface area contributed by atoms with Crippen molar-refractivity contribution in [2.45, 2.75) is 0 Å². The van der Waals surface area contributed by atoms with Crippen LogP contribution >= 0.6 is 12.4 Å². The summed E-state index contributed by atoms with van der Waals surface area (Å²) in [6.07, 6.45) is 0. The van der Waals surface area contributed by atoms with Crippen LogP contribution in [0.4, 0.5) is 4.39 Å². The molecule has 0 aliphatic carbocycles. The number of hydrogen-bond donors (Lipinski definition) is 1. The molecule has 0 saturated heterocycles. The Bertz CT molecular complexity index is 264. The van der Waals surface area contributed by atoms with Crippen LogP contribution in [0, 0.1) is 5.82 Å². The van der Waals surface area contributed by atoms with Gasteiger partial charge in [-0.25, -0.2) is 4.39 Å². The van der Waals surface area contributed by atoms with Crippen LogP contribution in [0.25, 0.3) is 0 Å². The molecule has 11 heavy (non-hydrogen) atoms. The number of halogens is 2. The number of carbonyl (C=O) groups excluding carboxylic acids is 1. The van der Waals surface area contributed by atoms with Gasteiger partial charge in [0.1, 0.15) is 5.82 Å². The van der Waals surface area contributed by atoms with Crippen LogP contribution in [-0.4, -0.2) is 5.91 Å². The Labute approximate surface area is 69.6 Å². The number of benzene rings is 1. The third-order valence-electron chi connectivity index (χ3n) is 1.11. The zero-order chi connectivity index (χ0) is 7.56. The molecule has 0 aliphatic rings. The van der Waals surface area contributed by atoms with E-state index in [0.717, 1.165) is 6.07 Å². The quantitative estimate of drug-likeness (QED) is 0.688. The van der Waals surface area contributed by atoms with Crippen molar-refractivity contribution in [3.8, 4) is 0 Å². The second-order valence-corrected chi connectivity index (χ2v) is 1.87. The Morgan fingerprint density at radius 1 is 1.45 bits per heavy atom. The third kappa shape index (κ3) is 2.55. The van der Waals surface area contributed by atoms with E-state index in [2.05, 4.69) is 0 Å². The number of hydrogen-bond acceptors (Lipinski definition) is 1. The van der Waals surface area contributed by atoms with E-state index in [9.17, 15) is 9.18 Å². The van der Waals surface area contributed by atoms with Crippen molar-refractivity contribution in [1.82, 2.24) is 0 Å². The van der Waals surface area contributed by atoms with Crippen LogP contribution in [-0.2, 0) is 0 Å². The third-order valence-corrected chi connectivity index (χ3v) is 1.11. The topological polar surface area (TPSA) is 43.1 Å². The number of primary amides is 1. The average Bonchev–Trinajstić information content (AvgIpc) is 1.88. The van der Waals surface area contributed by atoms with Gasteiger partial charge in [-0.15, -0.1) is 12.4 Å². The van der Waals surface area contributed by atoms with Gasteiger partial charge in [0.05, 0.1) is 0 Å². The van der Waals surface area contributed by atoms with Crippen molar-refractivity contribution >= 4 is 18.3 Å². The highest BCUT2D eigenvalue weighted by Gasteiger charge is 1.98. The van der Waals surface area contributed by atoms with Crippen LogP contribution < -0.4 is 5.73 Å². The van der Waals surface area contributed by atoms with E-state index in [1.54, 1.807) is 0 Å². The summed E-state index contributed by atoms with van der Waals surface area (Å²) in [5, 5.41) is 0. The Morgan fingerprint density at radius 2 is 2.09 bits per heavy atom. The summed E-state index contributed by atoms with van der Waals surface area (Å²) in [6, 6.07) is 5.26. The molecule has 0 bridgehead atoms. The predicted octanol–water partition coefficient (Wildman–Crippen LogP) is 1.35. The average molecular weight is 176 g/mol. The molecule has 0 saturated carbocycles. The van der Waals surface area contributed by atoms with Gasteiger partial charge in [0.25, 0.3) is 0 Å². The monoisotopic (exact) mass is 175 g/mol. The molecule has 1 aromatic rings. The van der Waals surface area contributed by atoms with E-state index in [-0.39, 0.29) is 18.0 Å². The highest BCUT2D eigenvalue weighted by Crippen LogP contribution is 2.01. The molecule has 0 spiro atoms. The normalized spacial score (nSPS) is 8.45. The number of nitrogens with two attached hydrogens (primary N) is 1. The molecule has 1 amide bonds. The van der Waals surface area contributed by atoms with Crippen molar-refractivity contribution in [2.75, 3.05) is 0 Å². The van der Waals surface area contributed by atoms with Gasteiger partial charge in [-0.2, -0.15) is 0 Å². The maximum atomic E-state index is 12.3. The minimum atomic E-state index is -0.612. The van der Waals surface area contributed by atoms with E-state index in [0.29, 0.717) is 0 Å². The van der Waals surface area contributed by atoms with E-state index >= 15 is 0 Å². The second kappa shape index (κ2) is 3.93. The maximum absolute atomic E-state index is 12.3. The first kappa shape index (κ1) is 9.91. The molecule has 0 heterocycles. The van der Waals surface area contributed by atoms with E-state index in [4.69, 9.17) is 5.73 Å². The summed E-state index contributed by atoms with van der Waals surface area (Å²) in [6.45, 7) is 0. The summed E-state index contributed by atoms with van der Waals surface area (Å²) in [5.74, 6) is -1.06. The highest BCUT2D eigenvalue weighted by molar-refractivity contribution is 5.92. The molecule has 0 fully saturated rings. The molecular weight excluding hydrogens is 169 g/mol. The van der Waals surface area contributed by atoms with Gasteiger partial charge < -0.3 is 5.73 Å².